The Bertz CT molecular complexity index is 2540. The van der Waals surface area contributed by atoms with E-state index >= 15 is 0 Å². The third kappa shape index (κ3) is 13.8. The van der Waals surface area contributed by atoms with E-state index in [2.05, 4.69) is 21.3 Å². The maximum absolute atomic E-state index is 13.3. The quantitative estimate of drug-likeness (QED) is 0.111. The number of ether oxygens (including phenoxy) is 11. The van der Waals surface area contributed by atoms with Gasteiger partial charge < -0.3 is 73.4 Å². The van der Waals surface area contributed by atoms with E-state index in [1.165, 1.54) is 18.2 Å². The highest BCUT2D eigenvalue weighted by atomic mass is 16.7. The first kappa shape index (κ1) is 54.3. The highest BCUT2D eigenvalue weighted by Gasteiger charge is 2.56. The number of rotatable bonds is 17. The molecular weight excluding hydrogens is 973 g/mol. The van der Waals surface area contributed by atoms with Crippen molar-refractivity contribution in [3.63, 3.8) is 0 Å². The van der Waals surface area contributed by atoms with Gasteiger partial charge in [0.1, 0.15) is 36.8 Å². The first-order valence-corrected chi connectivity index (χ1v) is 23.8. The molecule has 398 valence electrons. The van der Waals surface area contributed by atoms with E-state index in [4.69, 9.17) is 52.1 Å². The number of methoxy groups -OCH3 is 1. The van der Waals surface area contributed by atoms with Crippen LogP contribution in [0.2, 0.25) is 0 Å². The fourth-order valence-electron chi connectivity index (χ4n) is 9.03. The number of benzene rings is 3. The van der Waals surface area contributed by atoms with Crippen molar-refractivity contribution in [2.75, 3.05) is 33.5 Å². The summed E-state index contributed by atoms with van der Waals surface area (Å²) in [6.45, 7) is 8.00. The maximum Gasteiger partial charge on any atom is 0.408 e. The van der Waals surface area contributed by atoms with Crippen LogP contribution >= 0.6 is 0 Å². The minimum absolute atomic E-state index is 0.0179. The molecule has 9 atom stereocenters. The Morgan fingerprint density at radius 1 is 0.676 bits per heavy atom. The molecule has 3 heterocycles. The van der Waals surface area contributed by atoms with E-state index in [1.54, 1.807) is 20.8 Å². The van der Waals surface area contributed by atoms with Crippen molar-refractivity contribution >= 4 is 48.1 Å². The van der Waals surface area contributed by atoms with E-state index in [1.807, 2.05) is 48.5 Å². The molecule has 0 unspecified atom stereocenters. The van der Waals surface area contributed by atoms with Crippen LogP contribution in [-0.2, 0) is 84.5 Å². The third-order valence-corrected chi connectivity index (χ3v) is 12.1. The van der Waals surface area contributed by atoms with Crippen molar-refractivity contribution in [2.24, 2.45) is 0 Å². The Hall–Kier alpha value is -7.50. The minimum atomic E-state index is -1.76. The number of alkyl carbamates (subject to hydrolysis) is 3. The molecule has 4 aliphatic rings. The highest BCUT2D eigenvalue weighted by Crippen LogP contribution is 2.44. The van der Waals surface area contributed by atoms with Crippen LogP contribution in [0.1, 0.15) is 76.1 Å². The minimum Gasteiger partial charge on any atom is -0.467 e. The van der Waals surface area contributed by atoms with Crippen molar-refractivity contribution in [1.29, 1.82) is 0 Å². The van der Waals surface area contributed by atoms with Crippen LogP contribution in [0.3, 0.4) is 0 Å². The molecule has 0 aromatic heterocycles. The van der Waals surface area contributed by atoms with Crippen LogP contribution in [-0.4, -0.2) is 142 Å². The summed E-state index contributed by atoms with van der Waals surface area (Å²) in [5.74, 6) is -4.42. The van der Waals surface area contributed by atoms with Gasteiger partial charge in [-0.1, -0.05) is 54.6 Å². The van der Waals surface area contributed by atoms with E-state index < -0.39 is 109 Å². The van der Waals surface area contributed by atoms with Gasteiger partial charge in [0.05, 0.1) is 32.4 Å². The zero-order valence-corrected chi connectivity index (χ0v) is 41.8. The second kappa shape index (κ2) is 24.0. The van der Waals surface area contributed by atoms with Crippen molar-refractivity contribution in [2.45, 2.75) is 128 Å². The van der Waals surface area contributed by atoms with Crippen LogP contribution < -0.4 is 26.0 Å². The maximum atomic E-state index is 13.3. The molecule has 0 bridgehead atoms. The number of carbonyl (C=O) groups excluding carboxylic acids is 8. The van der Waals surface area contributed by atoms with Crippen LogP contribution in [0, 0.1) is 0 Å². The monoisotopic (exact) mass is 1030 g/mol. The average molecular weight is 1030 g/mol. The third-order valence-electron chi connectivity index (χ3n) is 12.1. The molecular formula is C51H60N4O19. The number of amides is 4. The van der Waals surface area contributed by atoms with Gasteiger partial charge in [0.25, 0.3) is 0 Å². The molecule has 0 saturated carbocycles. The summed E-state index contributed by atoms with van der Waals surface area (Å²) in [5, 5.41) is 10.9. The van der Waals surface area contributed by atoms with Crippen molar-refractivity contribution in [3.8, 4) is 16.9 Å². The van der Waals surface area contributed by atoms with Crippen molar-refractivity contribution in [1.82, 2.24) is 21.3 Å². The van der Waals surface area contributed by atoms with Crippen molar-refractivity contribution < 1.29 is 90.5 Å². The fourth-order valence-corrected chi connectivity index (χ4v) is 9.03. The summed E-state index contributed by atoms with van der Waals surface area (Å²) in [6, 6.07) is 19.2. The number of hydrogen-bond acceptors (Lipinski definition) is 19. The topological polar surface area (TPSA) is 286 Å². The van der Waals surface area contributed by atoms with Gasteiger partial charge in [-0.3, -0.25) is 19.2 Å². The normalized spacial score (nSPS) is 23.6. The van der Waals surface area contributed by atoms with Gasteiger partial charge in [-0.25, -0.2) is 19.2 Å². The molecule has 0 radical (unpaired) electrons. The zero-order chi connectivity index (χ0) is 53.3. The zero-order valence-electron chi connectivity index (χ0n) is 41.8. The molecule has 23 nitrogen and oxygen atoms in total. The van der Waals surface area contributed by atoms with E-state index in [9.17, 15) is 38.4 Å². The Morgan fingerprint density at radius 2 is 1.26 bits per heavy atom. The molecule has 3 saturated heterocycles. The van der Waals surface area contributed by atoms with E-state index in [0.29, 0.717) is 5.56 Å². The summed E-state index contributed by atoms with van der Waals surface area (Å²) in [6.07, 6.45) is -12.0. The van der Waals surface area contributed by atoms with Crippen LogP contribution in [0.15, 0.2) is 66.7 Å². The molecule has 23 heteroatoms. The largest absolute Gasteiger partial charge is 0.467 e. The van der Waals surface area contributed by atoms with Gasteiger partial charge in [-0.15, -0.1) is 0 Å². The smallest absolute Gasteiger partial charge is 0.408 e. The SMILES string of the molecule is COC(=O)[C@H]1O[C@@H](Oc2ccc(COC(=O)N[C@H]3CO[C@H]4[C@@H]3OC[C@@H]4NC(=O)OC(C)(C)C)cc2CNC(=O)CCNC(=O)OCC2c3ccccc3-c3ccccc32)[C@H](OC(C)=O)[C@@H](OC(C)=O)[C@@H]1OC(C)=O. The lowest BCUT2D eigenvalue weighted by Crippen LogP contribution is -2.64. The molecule has 3 aromatic rings. The molecule has 3 aromatic carbocycles. The second-order valence-corrected chi connectivity index (χ2v) is 18.7. The molecule has 3 aliphatic heterocycles. The predicted octanol–water partition coefficient (Wildman–Crippen LogP) is 3.59. The molecule has 4 amide bonds. The van der Waals surface area contributed by atoms with Gasteiger partial charge in [0, 0.05) is 51.8 Å². The van der Waals surface area contributed by atoms with Gasteiger partial charge in [-0.2, -0.15) is 0 Å². The average Bonchev–Trinajstić information content (AvgIpc) is 4.03. The van der Waals surface area contributed by atoms with Gasteiger partial charge in [0.2, 0.25) is 18.3 Å². The Morgan fingerprint density at radius 3 is 1.85 bits per heavy atom. The standard InChI is InChI=1S/C51H60N4O19/c1-26(56)69-42-43(70-27(2)57)45(71-28(3)58)47(73-44(42)46(60)64-7)72-38-17-16-29(22-67-49(62)54-36-24-65-41-37(25-66-40(36)41)55-50(63)74-51(4,5)6)20-30(38)21-53-39(59)18-19-52-48(61)68-23-35-33-14-10-8-12-31(33)32-13-9-11-15-34(32)35/h8-17,20,35-37,40-45,47H,18-19,21-25H2,1-7H3,(H,52,61)(H,53,59)(H,54,62)(H,55,63)/t36-,37-,40+,41+,42-,43-,44-,45+,47+/m0/s1. The number of nitrogens with one attached hydrogen (secondary N) is 4. The van der Waals surface area contributed by atoms with Gasteiger partial charge in [-0.05, 0) is 60.7 Å². The lowest BCUT2D eigenvalue weighted by atomic mass is 9.97. The number of fused-ring (bicyclic) bond motifs is 4. The molecule has 3 fully saturated rings. The lowest BCUT2D eigenvalue weighted by Gasteiger charge is -2.43. The highest BCUT2D eigenvalue weighted by molar-refractivity contribution is 5.80. The summed E-state index contributed by atoms with van der Waals surface area (Å²) in [7, 11) is 1.04. The summed E-state index contributed by atoms with van der Waals surface area (Å²) in [5.41, 5.74) is 4.15. The lowest BCUT2D eigenvalue weighted by molar-refractivity contribution is -0.282. The molecule has 7 rings (SSSR count). The van der Waals surface area contributed by atoms with Crippen molar-refractivity contribution in [3.05, 3.63) is 89.0 Å². The molecule has 74 heavy (non-hydrogen) atoms. The molecule has 1 aliphatic carbocycles. The van der Waals surface area contributed by atoms with Crippen LogP contribution in [0.25, 0.3) is 11.1 Å². The number of hydrogen-bond donors (Lipinski definition) is 4. The summed E-state index contributed by atoms with van der Waals surface area (Å²) < 4.78 is 61.8. The first-order valence-electron chi connectivity index (χ1n) is 23.8. The van der Waals surface area contributed by atoms with E-state index in [-0.39, 0.29) is 63.2 Å². The Labute approximate surface area is 425 Å². The van der Waals surface area contributed by atoms with Crippen LogP contribution in [0.5, 0.6) is 5.75 Å². The van der Waals surface area contributed by atoms with E-state index in [0.717, 1.165) is 50.1 Å². The number of esters is 4. The first-order chi connectivity index (χ1) is 35.3. The summed E-state index contributed by atoms with van der Waals surface area (Å²) in [4.78, 5) is 102. The Kier molecular flexibility index (Phi) is 17.6. The number of carbonyl (C=O) groups is 8. The van der Waals surface area contributed by atoms with Gasteiger partial charge in [0.15, 0.2) is 18.3 Å². The molecule has 0 spiro atoms. The van der Waals surface area contributed by atoms with Gasteiger partial charge >= 0.3 is 42.2 Å². The van der Waals surface area contributed by atoms with Crippen LogP contribution in [0.4, 0.5) is 14.4 Å². The predicted molar refractivity (Wildman–Crippen MR) is 254 cm³/mol. The molecule has 4 N–H and O–H groups in total. The Balaban J connectivity index is 1.02. The second-order valence-electron chi connectivity index (χ2n) is 18.7. The summed E-state index contributed by atoms with van der Waals surface area (Å²) >= 11 is 0. The fraction of sp³-hybridized carbons (Fsp3) is 0.490.